The van der Waals surface area contributed by atoms with Gasteiger partial charge in [-0.15, -0.1) is 6.58 Å². The van der Waals surface area contributed by atoms with E-state index >= 15 is 0 Å². The third kappa shape index (κ3) is 7.97. The number of ether oxygens (including phenoxy) is 1. The van der Waals surface area contributed by atoms with Crippen LogP contribution in [0.3, 0.4) is 0 Å². The topological polar surface area (TPSA) is 96.2 Å². The minimum Gasteiger partial charge on any atom is -0.445 e. The van der Waals surface area contributed by atoms with Crippen molar-refractivity contribution in [3.05, 3.63) is 124 Å². The molecule has 5 rings (SSSR count). The van der Waals surface area contributed by atoms with Crippen LogP contribution in [-0.2, 0) is 11.3 Å². The number of benzene rings is 3. The van der Waals surface area contributed by atoms with Crippen LogP contribution in [0, 0.1) is 16.0 Å². The van der Waals surface area contributed by atoms with E-state index < -0.39 is 11.0 Å². The van der Waals surface area contributed by atoms with Crippen LogP contribution in [-0.4, -0.2) is 76.9 Å². The summed E-state index contributed by atoms with van der Waals surface area (Å²) in [5.41, 5.74) is 2.74. The third-order valence-electron chi connectivity index (χ3n) is 9.35. The molecular weight excluding hydrogens is 568 g/mol. The fourth-order valence-electron chi connectivity index (χ4n) is 6.87. The van der Waals surface area contributed by atoms with Crippen LogP contribution < -0.4 is 0 Å². The summed E-state index contributed by atoms with van der Waals surface area (Å²) in [4.78, 5) is 43.0. The molecule has 1 saturated heterocycles. The van der Waals surface area contributed by atoms with Crippen LogP contribution in [0.15, 0.2) is 97.6 Å². The number of likely N-dealkylation sites (tertiary alicyclic amines) is 1. The van der Waals surface area contributed by atoms with Gasteiger partial charge in [-0.3, -0.25) is 14.9 Å². The summed E-state index contributed by atoms with van der Waals surface area (Å²) in [5.74, 6) is 0.846. The lowest BCUT2D eigenvalue weighted by molar-refractivity contribution is -0.384. The van der Waals surface area contributed by atoms with E-state index in [-0.39, 0.29) is 30.3 Å². The molecule has 2 amide bonds. The van der Waals surface area contributed by atoms with Crippen LogP contribution in [0.4, 0.5) is 10.5 Å². The van der Waals surface area contributed by atoms with Crippen molar-refractivity contribution < 1.29 is 19.2 Å². The zero-order valence-corrected chi connectivity index (χ0v) is 25.9. The van der Waals surface area contributed by atoms with Gasteiger partial charge in [-0.05, 0) is 72.9 Å². The first-order valence-corrected chi connectivity index (χ1v) is 15.7. The summed E-state index contributed by atoms with van der Waals surface area (Å²) < 4.78 is 5.60. The number of non-ortho nitro benzene ring substituents is 1. The molecule has 2 fully saturated rings. The van der Waals surface area contributed by atoms with E-state index in [0.717, 1.165) is 50.9 Å². The maximum absolute atomic E-state index is 13.3. The summed E-state index contributed by atoms with van der Waals surface area (Å²) in [6.45, 7) is 6.98. The van der Waals surface area contributed by atoms with Gasteiger partial charge in [-0.1, -0.05) is 54.6 Å². The first-order chi connectivity index (χ1) is 21.8. The van der Waals surface area contributed by atoms with Crippen molar-refractivity contribution in [1.29, 1.82) is 0 Å². The highest BCUT2D eigenvalue weighted by Gasteiger charge is 2.40. The van der Waals surface area contributed by atoms with Crippen LogP contribution in [0.25, 0.3) is 0 Å². The number of hydrogen-bond acceptors (Lipinski definition) is 6. The fourth-order valence-corrected chi connectivity index (χ4v) is 6.87. The van der Waals surface area contributed by atoms with E-state index in [1.165, 1.54) is 17.7 Å². The zero-order chi connectivity index (χ0) is 31.8. The van der Waals surface area contributed by atoms with E-state index in [9.17, 15) is 19.7 Å². The molecule has 2 aliphatic rings. The predicted molar refractivity (Wildman–Crippen MR) is 174 cm³/mol. The second kappa shape index (κ2) is 15.0. The van der Waals surface area contributed by atoms with E-state index in [1.54, 1.807) is 23.1 Å². The number of rotatable bonds is 11. The number of amides is 2. The molecular formula is C36H42N4O5. The summed E-state index contributed by atoms with van der Waals surface area (Å²) >= 11 is 0. The molecule has 9 heteroatoms. The Balaban J connectivity index is 1.18. The van der Waals surface area contributed by atoms with E-state index in [2.05, 4.69) is 35.7 Å². The molecule has 45 heavy (non-hydrogen) atoms. The summed E-state index contributed by atoms with van der Waals surface area (Å²) in [7, 11) is 1.94. The number of nitro benzene ring substituents is 1. The van der Waals surface area contributed by atoms with Crippen LogP contribution in [0.1, 0.15) is 53.1 Å². The van der Waals surface area contributed by atoms with Gasteiger partial charge in [0, 0.05) is 63.0 Å². The minimum atomic E-state index is -0.452. The van der Waals surface area contributed by atoms with Crippen molar-refractivity contribution in [2.45, 2.75) is 50.3 Å². The quantitative estimate of drug-likeness (QED) is 0.139. The van der Waals surface area contributed by atoms with Crippen molar-refractivity contribution in [3.63, 3.8) is 0 Å². The number of nitro groups is 1. The first-order valence-electron chi connectivity index (χ1n) is 15.7. The molecule has 1 heterocycles. The summed E-state index contributed by atoms with van der Waals surface area (Å²) in [5, 5.41) is 10.9. The number of carbonyl (C=O) groups is 2. The Labute approximate surface area is 265 Å². The average Bonchev–Trinajstić information content (AvgIpc) is 3.50. The van der Waals surface area contributed by atoms with Gasteiger partial charge in [0.1, 0.15) is 6.61 Å². The van der Waals surface area contributed by atoms with E-state index in [0.29, 0.717) is 23.9 Å². The maximum Gasteiger partial charge on any atom is 0.410 e. The van der Waals surface area contributed by atoms with Gasteiger partial charge in [0.25, 0.3) is 11.6 Å². The monoisotopic (exact) mass is 610 g/mol. The van der Waals surface area contributed by atoms with E-state index in [4.69, 9.17) is 4.74 Å². The molecule has 0 bridgehead atoms. The highest BCUT2D eigenvalue weighted by Crippen LogP contribution is 2.42. The molecule has 1 aliphatic carbocycles. The first kappa shape index (κ1) is 31.9. The smallest absolute Gasteiger partial charge is 0.410 e. The molecule has 0 spiro atoms. The van der Waals surface area contributed by atoms with Gasteiger partial charge in [-0.25, -0.2) is 4.79 Å². The molecule has 0 radical (unpaired) electrons. The number of hydrogen-bond donors (Lipinski definition) is 0. The lowest BCUT2D eigenvalue weighted by Gasteiger charge is -2.39. The number of nitrogens with zero attached hydrogens (tertiary/aromatic N) is 4. The molecule has 0 N–H and O–H groups in total. The van der Waals surface area contributed by atoms with Crippen LogP contribution in [0.5, 0.6) is 0 Å². The Bertz CT molecular complexity index is 1440. The SMILES string of the molecule is C=CCN(C(=O)OCc1ccc([N+](=O)[O-])cc1)C1CCN(CC2CC(N(C)C(=O)c3ccccc3)CC2c2ccccc2)CC1. The van der Waals surface area contributed by atoms with Crippen molar-refractivity contribution in [2.24, 2.45) is 5.92 Å². The Morgan fingerprint density at radius 1 is 0.956 bits per heavy atom. The third-order valence-corrected chi connectivity index (χ3v) is 9.35. The Morgan fingerprint density at radius 3 is 2.22 bits per heavy atom. The Kier molecular flexibility index (Phi) is 10.6. The maximum atomic E-state index is 13.3. The zero-order valence-electron chi connectivity index (χ0n) is 25.9. The van der Waals surface area contributed by atoms with Gasteiger partial charge in [-0.2, -0.15) is 0 Å². The molecule has 236 valence electrons. The number of piperidine rings is 1. The van der Waals surface area contributed by atoms with Crippen molar-refractivity contribution in [3.8, 4) is 0 Å². The molecule has 0 aromatic heterocycles. The van der Waals surface area contributed by atoms with Crippen LogP contribution in [0.2, 0.25) is 0 Å². The second-order valence-corrected chi connectivity index (χ2v) is 12.1. The average molecular weight is 611 g/mol. The Morgan fingerprint density at radius 2 is 1.60 bits per heavy atom. The lowest BCUT2D eigenvalue weighted by Crippen LogP contribution is -2.48. The van der Waals surface area contributed by atoms with Gasteiger partial charge in [0.2, 0.25) is 0 Å². The molecule has 9 nitrogen and oxygen atoms in total. The largest absolute Gasteiger partial charge is 0.445 e. The molecule has 3 aromatic carbocycles. The van der Waals surface area contributed by atoms with Crippen LogP contribution >= 0.6 is 0 Å². The van der Waals surface area contributed by atoms with Crippen molar-refractivity contribution >= 4 is 17.7 Å². The highest BCUT2D eigenvalue weighted by atomic mass is 16.6. The standard InChI is InChI=1S/C36H42N4O5/c1-3-20-39(36(42)45-26-27-14-16-32(17-15-27)40(43)44)31-18-21-38(22-19-31)25-30-23-33(24-34(30)28-10-6-4-7-11-28)37(2)35(41)29-12-8-5-9-13-29/h3-17,30-31,33-34H,1,18-26H2,2H3. The molecule has 1 aliphatic heterocycles. The lowest BCUT2D eigenvalue weighted by atomic mass is 9.88. The summed E-state index contributed by atoms with van der Waals surface area (Å²) in [6, 6.07) is 26.4. The summed E-state index contributed by atoms with van der Waals surface area (Å²) in [6.07, 6.45) is 4.87. The van der Waals surface area contributed by atoms with E-state index in [1.807, 2.05) is 48.3 Å². The second-order valence-electron chi connectivity index (χ2n) is 12.1. The van der Waals surface area contributed by atoms with Gasteiger partial charge in [0.05, 0.1) is 4.92 Å². The van der Waals surface area contributed by atoms with Crippen molar-refractivity contribution in [1.82, 2.24) is 14.7 Å². The van der Waals surface area contributed by atoms with Gasteiger partial charge in [0.15, 0.2) is 0 Å². The number of carbonyl (C=O) groups excluding carboxylic acids is 2. The molecule has 3 unspecified atom stereocenters. The minimum absolute atomic E-state index is 0.000951. The molecule has 3 atom stereocenters. The van der Waals surface area contributed by atoms with Crippen molar-refractivity contribution in [2.75, 3.05) is 33.2 Å². The molecule has 1 saturated carbocycles. The highest BCUT2D eigenvalue weighted by molar-refractivity contribution is 5.94. The van der Waals surface area contributed by atoms with Gasteiger partial charge >= 0.3 is 6.09 Å². The Hall–Kier alpha value is -4.50. The van der Waals surface area contributed by atoms with Gasteiger partial charge < -0.3 is 19.4 Å². The normalized spacial score (nSPS) is 20.3. The fraction of sp³-hybridized carbons (Fsp3) is 0.389. The predicted octanol–water partition coefficient (Wildman–Crippen LogP) is 6.52. The molecule has 3 aromatic rings.